The molecule has 0 N–H and O–H groups in total. The number of fused-ring (bicyclic) bond motifs is 1. The number of rotatable bonds is 6. The van der Waals surface area contributed by atoms with Crippen LogP contribution in [0.4, 0.5) is 0 Å². The van der Waals surface area contributed by atoms with E-state index in [0.717, 1.165) is 32.2 Å². The topological polar surface area (TPSA) is 18.5 Å². The largest absolute Gasteiger partial charge is 0.496 e. The highest BCUT2D eigenvalue weighted by molar-refractivity contribution is 7.39. The minimum Gasteiger partial charge on any atom is -0.496 e. The molecule has 0 saturated heterocycles. The molecule has 0 bridgehead atoms. The lowest BCUT2D eigenvalue weighted by Gasteiger charge is -2.33. The summed E-state index contributed by atoms with van der Waals surface area (Å²) in [6.07, 6.45) is 1.16. The first-order valence-corrected chi connectivity index (χ1v) is 9.61. The monoisotopic (exact) mass is 334 g/mol. The molecule has 0 amide bonds. The normalized spacial score (nSPS) is 22.1. The van der Waals surface area contributed by atoms with Gasteiger partial charge in [0.15, 0.2) is 0 Å². The predicted octanol–water partition coefficient (Wildman–Crippen LogP) is 5.63. The summed E-state index contributed by atoms with van der Waals surface area (Å²) in [5, 5.41) is 0. The van der Waals surface area contributed by atoms with Crippen LogP contribution >= 0.6 is 8.58 Å². The van der Waals surface area contributed by atoms with E-state index in [4.69, 9.17) is 9.47 Å². The number of hydrogen-bond acceptors (Lipinski definition) is 2. The quantitative estimate of drug-likeness (QED) is 0.627. The van der Waals surface area contributed by atoms with E-state index in [2.05, 4.69) is 47.6 Å². The van der Waals surface area contributed by atoms with E-state index in [1.165, 1.54) is 22.3 Å². The molecule has 0 radical (unpaired) electrons. The molecule has 1 aromatic carbocycles. The van der Waals surface area contributed by atoms with Crippen LogP contribution in [-0.2, 0) is 5.41 Å². The molecule has 2 nitrogen and oxygen atoms in total. The summed E-state index contributed by atoms with van der Waals surface area (Å²) >= 11 is 0. The maximum Gasteiger partial charge on any atom is 0.126 e. The zero-order valence-electron chi connectivity index (χ0n) is 15.8. The third-order valence-electron chi connectivity index (χ3n) is 5.22. The van der Waals surface area contributed by atoms with E-state index >= 15 is 0 Å². The maximum absolute atomic E-state index is 5.73. The second-order valence-corrected chi connectivity index (χ2v) is 9.70. The highest BCUT2D eigenvalue weighted by Gasteiger charge is 2.42. The molecular formula is C20H31O2P. The van der Waals surface area contributed by atoms with Crippen molar-refractivity contribution in [2.24, 2.45) is 0 Å². The average molecular weight is 334 g/mol. The van der Waals surface area contributed by atoms with Crippen molar-refractivity contribution >= 4 is 14.2 Å². The smallest absolute Gasteiger partial charge is 0.126 e. The first-order valence-electron chi connectivity index (χ1n) is 8.46. The lowest BCUT2D eigenvalue weighted by Crippen LogP contribution is -2.26. The van der Waals surface area contributed by atoms with Crippen LogP contribution in [0.1, 0.15) is 59.1 Å². The average Bonchev–Trinajstić information content (AvgIpc) is 2.68. The Hall–Kier alpha value is -1.01. The van der Waals surface area contributed by atoms with E-state index in [9.17, 15) is 0 Å². The Bertz CT molecular complexity index is 618. The Kier molecular flexibility index (Phi) is 5.46. The Labute approximate surface area is 143 Å². The van der Waals surface area contributed by atoms with Gasteiger partial charge in [-0.05, 0) is 49.3 Å². The van der Waals surface area contributed by atoms with Crippen molar-refractivity contribution in [2.75, 3.05) is 14.2 Å². The maximum atomic E-state index is 5.73. The lowest BCUT2D eigenvalue weighted by atomic mass is 9.75. The van der Waals surface area contributed by atoms with Gasteiger partial charge in [-0.15, -0.1) is 8.58 Å². The van der Waals surface area contributed by atoms with Gasteiger partial charge < -0.3 is 9.47 Å². The highest BCUT2D eigenvalue weighted by atomic mass is 31.1. The molecule has 1 aliphatic carbocycles. The van der Waals surface area contributed by atoms with Gasteiger partial charge >= 0.3 is 0 Å². The molecule has 0 saturated carbocycles. The molecule has 3 heteroatoms. The van der Waals surface area contributed by atoms with E-state index in [0.29, 0.717) is 5.66 Å². The predicted molar refractivity (Wildman–Crippen MR) is 103 cm³/mol. The summed E-state index contributed by atoms with van der Waals surface area (Å²) in [6, 6.07) is 4.08. The molecule has 0 heterocycles. The van der Waals surface area contributed by atoms with Gasteiger partial charge in [0.2, 0.25) is 0 Å². The number of ether oxygens (including phenoxy) is 2. The Morgan fingerprint density at radius 3 is 2.13 bits per heavy atom. The van der Waals surface area contributed by atoms with Crippen LogP contribution in [-0.4, -0.2) is 25.5 Å². The third kappa shape index (κ3) is 3.15. The fourth-order valence-electron chi connectivity index (χ4n) is 4.11. The van der Waals surface area contributed by atoms with Crippen LogP contribution in [0.5, 0.6) is 11.5 Å². The van der Waals surface area contributed by atoms with Gasteiger partial charge in [-0.1, -0.05) is 33.3 Å². The van der Waals surface area contributed by atoms with Crippen molar-refractivity contribution in [3.63, 3.8) is 0 Å². The summed E-state index contributed by atoms with van der Waals surface area (Å²) in [5.41, 5.74) is 6.84. The Morgan fingerprint density at radius 1 is 1.04 bits per heavy atom. The van der Waals surface area contributed by atoms with E-state index < -0.39 is 0 Å². The van der Waals surface area contributed by atoms with E-state index in [1.54, 1.807) is 14.2 Å². The van der Waals surface area contributed by atoms with E-state index in [-0.39, 0.29) is 5.41 Å². The minimum absolute atomic E-state index is 0.0284. The van der Waals surface area contributed by atoms with Gasteiger partial charge in [0.25, 0.3) is 0 Å². The minimum atomic E-state index is 0.0284. The van der Waals surface area contributed by atoms with Gasteiger partial charge in [0.1, 0.15) is 11.5 Å². The first kappa shape index (κ1) is 18.3. The number of benzene rings is 1. The first-order chi connectivity index (χ1) is 10.8. The SMILES string of the molecule is COc1ccc(OC)c2c1C(C)=C(C)C2(C)CC(C)PC(C)C. The van der Waals surface area contributed by atoms with Crippen molar-refractivity contribution < 1.29 is 9.47 Å². The van der Waals surface area contributed by atoms with Gasteiger partial charge in [-0.3, -0.25) is 0 Å². The summed E-state index contributed by atoms with van der Waals surface area (Å²) < 4.78 is 11.4. The van der Waals surface area contributed by atoms with Crippen LogP contribution in [0.25, 0.3) is 5.57 Å². The van der Waals surface area contributed by atoms with Gasteiger partial charge in [0, 0.05) is 16.5 Å². The lowest BCUT2D eigenvalue weighted by molar-refractivity contribution is 0.385. The van der Waals surface area contributed by atoms with Crippen LogP contribution in [0.3, 0.4) is 0 Å². The molecule has 0 spiro atoms. The molecule has 128 valence electrons. The van der Waals surface area contributed by atoms with Crippen molar-refractivity contribution in [1.29, 1.82) is 0 Å². The zero-order valence-corrected chi connectivity index (χ0v) is 16.8. The standard InChI is InChI=1S/C20H31O2P/c1-12(2)23-13(3)11-20(6)15(5)14(4)18-16(21-7)9-10-17(22-8)19(18)20/h9-10,12-13,23H,11H2,1-8H3. The summed E-state index contributed by atoms with van der Waals surface area (Å²) in [4.78, 5) is 0. The second kappa shape index (κ2) is 6.85. The Balaban J connectivity index is 2.56. The molecule has 0 fully saturated rings. The fourth-order valence-corrected chi connectivity index (χ4v) is 5.77. The molecule has 1 aliphatic rings. The zero-order chi connectivity index (χ0) is 17.4. The number of methoxy groups -OCH3 is 2. The molecule has 1 aromatic rings. The molecular weight excluding hydrogens is 303 g/mol. The number of allylic oxidation sites excluding steroid dienone is 2. The van der Waals surface area contributed by atoms with Gasteiger partial charge in [0.05, 0.1) is 14.2 Å². The highest BCUT2D eigenvalue weighted by Crippen LogP contribution is 2.56. The third-order valence-corrected chi connectivity index (χ3v) is 6.66. The van der Waals surface area contributed by atoms with E-state index in [1.807, 2.05) is 6.07 Å². The molecule has 3 unspecified atom stereocenters. The molecule has 0 aliphatic heterocycles. The van der Waals surface area contributed by atoms with Gasteiger partial charge in [-0.2, -0.15) is 0 Å². The van der Waals surface area contributed by atoms with Crippen LogP contribution in [0.2, 0.25) is 0 Å². The van der Waals surface area contributed by atoms with Crippen molar-refractivity contribution in [2.45, 2.75) is 64.7 Å². The van der Waals surface area contributed by atoms with Gasteiger partial charge in [-0.25, -0.2) is 0 Å². The van der Waals surface area contributed by atoms with Crippen LogP contribution in [0.15, 0.2) is 17.7 Å². The van der Waals surface area contributed by atoms with Crippen LogP contribution < -0.4 is 9.47 Å². The van der Waals surface area contributed by atoms with Crippen LogP contribution in [0, 0.1) is 0 Å². The summed E-state index contributed by atoms with van der Waals surface area (Å²) in [6.45, 7) is 13.9. The van der Waals surface area contributed by atoms with Crippen molar-refractivity contribution in [3.05, 3.63) is 28.8 Å². The second-order valence-electron chi connectivity index (χ2n) is 7.23. The summed E-state index contributed by atoms with van der Waals surface area (Å²) in [5.74, 6) is 1.94. The number of hydrogen-bond donors (Lipinski definition) is 0. The van der Waals surface area contributed by atoms with Crippen molar-refractivity contribution in [1.82, 2.24) is 0 Å². The summed E-state index contributed by atoms with van der Waals surface area (Å²) in [7, 11) is 4.51. The molecule has 0 aromatic heterocycles. The molecule has 3 atom stereocenters. The van der Waals surface area contributed by atoms with Crippen molar-refractivity contribution in [3.8, 4) is 11.5 Å². The molecule has 23 heavy (non-hydrogen) atoms. The molecule has 2 rings (SSSR count). The fraction of sp³-hybridized carbons (Fsp3) is 0.600. The Morgan fingerprint density at radius 2 is 1.61 bits per heavy atom.